The van der Waals surface area contributed by atoms with Crippen LogP contribution in [0, 0.1) is 34.6 Å². The van der Waals surface area contributed by atoms with E-state index in [2.05, 4.69) is 39.4 Å². The summed E-state index contributed by atoms with van der Waals surface area (Å²) in [5.74, 6) is -0.524. The molecule has 1 heterocycles. The van der Waals surface area contributed by atoms with E-state index in [0.29, 0.717) is 5.69 Å². The van der Waals surface area contributed by atoms with Gasteiger partial charge in [0.15, 0.2) is 0 Å². The number of nitrogens with zero attached hydrogens (tertiary/aromatic N) is 3. The lowest BCUT2D eigenvalue weighted by molar-refractivity contribution is -0.119. The van der Waals surface area contributed by atoms with E-state index in [1.54, 1.807) is 12.3 Å². The molecule has 1 amide bonds. The van der Waals surface area contributed by atoms with Crippen molar-refractivity contribution in [2.45, 2.75) is 34.6 Å². The first-order chi connectivity index (χ1) is 15.5. The van der Waals surface area contributed by atoms with Gasteiger partial charge in [0.25, 0.3) is 5.91 Å². The molecule has 0 fully saturated rings. The van der Waals surface area contributed by atoms with Gasteiger partial charge in [-0.05, 0) is 64.4 Å². The van der Waals surface area contributed by atoms with Crippen molar-refractivity contribution in [3.8, 4) is 5.69 Å². The molecule has 7 nitrogen and oxygen atoms in total. The Kier molecular flexibility index (Phi) is 7.07. The first-order valence-corrected chi connectivity index (χ1v) is 12.4. The molecule has 33 heavy (non-hydrogen) atoms. The molecule has 0 bridgehead atoms. The Morgan fingerprint density at radius 1 is 1.00 bits per heavy atom. The Balaban J connectivity index is 1.75. The van der Waals surface area contributed by atoms with Crippen LogP contribution in [0.15, 0.2) is 53.6 Å². The average molecular weight is 467 g/mol. The van der Waals surface area contributed by atoms with Crippen LogP contribution in [-0.4, -0.2) is 37.9 Å². The minimum atomic E-state index is -3.65. The van der Waals surface area contributed by atoms with Crippen LogP contribution in [0.25, 0.3) is 5.69 Å². The van der Waals surface area contributed by atoms with Crippen molar-refractivity contribution in [1.29, 1.82) is 0 Å². The van der Waals surface area contributed by atoms with Crippen LogP contribution in [0.4, 0.5) is 5.69 Å². The van der Waals surface area contributed by atoms with E-state index in [9.17, 15) is 13.2 Å². The van der Waals surface area contributed by atoms with Gasteiger partial charge >= 0.3 is 0 Å². The molecule has 0 aliphatic carbocycles. The molecule has 0 spiro atoms. The van der Waals surface area contributed by atoms with Gasteiger partial charge in [-0.25, -0.2) is 13.8 Å². The van der Waals surface area contributed by atoms with Crippen LogP contribution in [0.1, 0.15) is 33.6 Å². The van der Waals surface area contributed by atoms with E-state index < -0.39 is 15.9 Å². The summed E-state index contributed by atoms with van der Waals surface area (Å²) in [5, 5.41) is 4.07. The fourth-order valence-electron chi connectivity index (χ4n) is 3.82. The number of carbonyl (C=O) groups excluding carboxylic acids is 1. The Bertz CT molecular complexity index is 1310. The Hall–Kier alpha value is -3.39. The second-order valence-corrected chi connectivity index (χ2v) is 10.3. The molecule has 0 saturated heterocycles. The number of aromatic nitrogens is 1. The topological polar surface area (TPSA) is 83.8 Å². The SMILES string of the molecule is Cc1ccc(-n2c(C)cc(/C=N/NC(=O)CN(c3ccc(C)cc3C)S(C)(=O)=O)c2C)cc1. The number of aryl methyl sites for hydroxylation is 4. The highest BCUT2D eigenvalue weighted by Crippen LogP contribution is 2.23. The summed E-state index contributed by atoms with van der Waals surface area (Å²) >= 11 is 0. The molecule has 3 aromatic rings. The summed E-state index contributed by atoms with van der Waals surface area (Å²) in [4.78, 5) is 12.5. The summed E-state index contributed by atoms with van der Waals surface area (Å²) in [7, 11) is -3.65. The number of anilines is 1. The highest BCUT2D eigenvalue weighted by atomic mass is 32.2. The highest BCUT2D eigenvalue weighted by molar-refractivity contribution is 7.92. The molecule has 1 N–H and O–H groups in total. The van der Waals surface area contributed by atoms with Crippen molar-refractivity contribution in [3.05, 3.63) is 82.2 Å². The summed E-state index contributed by atoms with van der Waals surface area (Å²) in [6.07, 6.45) is 2.66. The van der Waals surface area contributed by atoms with E-state index in [4.69, 9.17) is 0 Å². The number of hydrogen-bond acceptors (Lipinski definition) is 4. The molecule has 0 radical (unpaired) electrons. The Labute approximate surface area is 195 Å². The smallest absolute Gasteiger partial charge is 0.260 e. The first kappa shape index (κ1) is 24.3. The van der Waals surface area contributed by atoms with Gasteiger partial charge < -0.3 is 4.57 Å². The number of carbonyl (C=O) groups is 1. The molecule has 0 aliphatic rings. The van der Waals surface area contributed by atoms with Crippen LogP contribution in [0.3, 0.4) is 0 Å². The number of hydrazone groups is 1. The Morgan fingerprint density at radius 3 is 2.24 bits per heavy atom. The zero-order valence-corrected chi connectivity index (χ0v) is 20.7. The molecule has 0 unspecified atom stereocenters. The summed E-state index contributed by atoms with van der Waals surface area (Å²) < 4.78 is 27.9. The second kappa shape index (κ2) is 9.62. The lowest BCUT2D eigenvalue weighted by Gasteiger charge is -2.23. The van der Waals surface area contributed by atoms with Crippen molar-refractivity contribution in [2.24, 2.45) is 5.10 Å². The van der Waals surface area contributed by atoms with Gasteiger partial charge in [-0.3, -0.25) is 9.10 Å². The lowest BCUT2D eigenvalue weighted by atomic mass is 10.1. The molecule has 3 rings (SSSR count). The van der Waals surface area contributed by atoms with Crippen molar-refractivity contribution >= 4 is 27.8 Å². The number of benzene rings is 2. The molecule has 174 valence electrons. The maximum absolute atomic E-state index is 12.5. The normalized spacial score (nSPS) is 11.7. The average Bonchev–Trinajstić information content (AvgIpc) is 3.00. The van der Waals surface area contributed by atoms with Crippen LogP contribution in [0.2, 0.25) is 0 Å². The van der Waals surface area contributed by atoms with E-state index in [1.165, 1.54) is 5.56 Å². The summed E-state index contributed by atoms with van der Waals surface area (Å²) in [6, 6.07) is 15.6. The molecule has 0 atom stereocenters. The van der Waals surface area contributed by atoms with Gasteiger partial charge in [-0.1, -0.05) is 35.4 Å². The first-order valence-electron chi connectivity index (χ1n) is 10.6. The number of hydrogen-bond donors (Lipinski definition) is 1. The van der Waals surface area contributed by atoms with Gasteiger partial charge in [0.05, 0.1) is 18.2 Å². The van der Waals surface area contributed by atoms with Crippen LogP contribution in [0.5, 0.6) is 0 Å². The lowest BCUT2D eigenvalue weighted by Crippen LogP contribution is -2.39. The molecular weight excluding hydrogens is 436 g/mol. The largest absolute Gasteiger partial charge is 0.318 e. The zero-order chi connectivity index (χ0) is 24.3. The van der Waals surface area contributed by atoms with Crippen molar-refractivity contribution in [3.63, 3.8) is 0 Å². The van der Waals surface area contributed by atoms with Gasteiger partial charge in [0, 0.05) is 22.6 Å². The fourth-order valence-corrected chi connectivity index (χ4v) is 4.73. The predicted octanol–water partition coefficient (Wildman–Crippen LogP) is 3.94. The molecule has 0 saturated carbocycles. The number of amides is 1. The molecule has 8 heteroatoms. The monoisotopic (exact) mass is 466 g/mol. The second-order valence-electron chi connectivity index (χ2n) is 8.35. The summed E-state index contributed by atoms with van der Waals surface area (Å²) in [5.41, 5.74) is 9.86. The number of sulfonamides is 1. The Morgan fingerprint density at radius 2 is 1.64 bits per heavy atom. The molecule has 2 aromatic carbocycles. The molecular formula is C25H30N4O3S. The minimum Gasteiger partial charge on any atom is -0.318 e. The third-order valence-electron chi connectivity index (χ3n) is 5.46. The van der Waals surface area contributed by atoms with Gasteiger partial charge in [0.1, 0.15) is 6.54 Å². The van der Waals surface area contributed by atoms with Crippen LogP contribution in [-0.2, 0) is 14.8 Å². The van der Waals surface area contributed by atoms with Crippen LogP contribution < -0.4 is 9.73 Å². The van der Waals surface area contributed by atoms with Crippen molar-refractivity contribution < 1.29 is 13.2 Å². The van der Waals surface area contributed by atoms with E-state index in [1.807, 2.05) is 52.8 Å². The standard InChI is InChI=1S/C25H30N4O3S/c1-17-7-10-23(11-8-17)29-20(4)14-22(21(29)5)15-26-27-25(30)16-28(33(6,31)32)24-12-9-18(2)13-19(24)3/h7-15H,16H2,1-6H3,(H,27,30)/b26-15+. The third kappa shape index (κ3) is 5.70. The van der Waals surface area contributed by atoms with E-state index in [-0.39, 0.29) is 6.54 Å². The van der Waals surface area contributed by atoms with Crippen molar-refractivity contribution in [1.82, 2.24) is 9.99 Å². The molecule has 1 aromatic heterocycles. The predicted molar refractivity (Wildman–Crippen MR) is 134 cm³/mol. The zero-order valence-electron chi connectivity index (χ0n) is 19.9. The highest BCUT2D eigenvalue weighted by Gasteiger charge is 2.22. The maximum Gasteiger partial charge on any atom is 0.260 e. The fraction of sp³-hybridized carbons (Fsp3) is 0.280. The minimum absolute atomic E-state index is 0.359. The van der Waals surface area contributed by atoms with Gasteiger partial charge in [-0.15, -0.1) is 0 Å². The van der Waals surface area contributed by atoms with E-state index in [0.717, 1.165) is 44.3 Å². The third-order valence-corrected chi connectivity index (χ3v) is 6.59. The maximum atomic E-state index is 12.5. The summed E-state index contributed by atoms with van der Waals surface area (Å²) in [6.45, 7) is 9.44. The van der Waals surface area contributed by atoms with E-state index >= 15 is 0 Å². The number of nitrogens with one attached hydrogen (secondary N) is 1. The van der Waals surface area contributed by atoms with Gasteiger partial charge in [-0.2, -0.15) is 5.10 Å². The number of rotatable bonds is 7. The van der Waals surface area contributed by atoms with Gasteiger partial charge in [0.2, 0.25) is 10.0 Å². The van der Waals surface area contributed by atoms with Crippen molar-refractivity contribution in [2.75, 3.05) is 17.1 Å². The molecule has 0 aliphatic heterocycles. The quantitative estimate of drug-likeness (QED) is 0.423. The van der Waals surface area contributed by atoms with Crippen LogP contribution >= 0.6 is 0 Å².